The van der Waals surface area contributed by atoms with Crippen LogP contribution in [0.15, 0.2) is 30.3 Å². The van der Waals surface area contributed by atoms with Gasteiger partial charge in [-0.3, -0.25) is 14.3 Å². The summed E-state index contributed by atoms with van der Waals surface area (Å²) in [4.78, 5) is 27.1. The van der Waals surface area contributed by atoms with E-state index in [9.17, 15) is 9.59 Å². The van der Waals surface area contributed by atoms with Gasteiger partial charge in [0.25, 0.3) is 5.91 Å². The Hall–Kier alpha value is -2.64. The lowest BCUT2D eigenvalue weighted by atomic mass is 10.2. The van der Waals surface area contributed by atoms with Gasteiger partial charge in [-0.15, -0.1) is 11.3 Å². The van der Waals surface area contributed by atoms with Crippen molar-refractivity contribution in [2.45, 2.75) is 40.7 Å². The number of thiophene rings is 1. The Morgan fingerprint density at radius 3 is 2.38 bits per heavy atom. The number of hydrogen-bond donors (Lipinski definition) is 2. The van der Waals surface area contributed by atoms with Crippen LogP contribution in [0.5, 0.6) is 0 Å². The van der Waals surface area contributed by atoms with E-state index < -0.39 is 6.04 Å². The Morgan fingerprint density at radius 1 is 1.10 bits per heavy atom. The number of anilines is 2. The lowest BCUT2D eigenvalue weighted by molar-refractivity contribution is -0.119. The lowest BCUT2D eigenvalue weighted by Gasteiger charge is -2.16. The molecule has 0 saturated carbocycles. The summed E-state index contributed by atoms with van der Waals surface area (Å²) in [6.45, 7) is 9.46. The van der Waals surface area contributed by atoms with Crippen LogP contribution in [0, 0.1) is 27.7 Å². The molecule has 3 aromatic rings. The van der Waals surface area contributed by atoms with Gasteiger partial charge in [0.1, 0.15) is 6.04 Å². The van der Waals surface area contributed by atoms with E-state index in [-0.39, 0.29) is 11.8 Å². The average Bonchev–Trinajstić information content (AvgIpc) is 3.16. The number of aryl methyl sites for hydroxylation is 4. The number of amides is 2. The van der Waals surface area contributed by atoms with Crippen molar-refractivity contribution in [2.75, 3.05) is 10.6 Å². The number of carbonyl (C=O) groups is 2. The van der Waals surface area contributed by atoms with Gasteiger partial charge in [0.05, 0.1) is 22.0 Å². The minimum Gasteiger partial charge on any atom is -0.323 e. The first kappa shape index (κ1) is 21.1. The zero-order valence-electron chi connectivity index (χ0n) is 17.0. The molecule has 0 spiro atoms. The fourth-order valence-corrected chi connectivity index (χ4v) is 4.28. The van der Waals surface area contributed by atoms with Crippen LogP contribution in [0.1, 0.15) is 44.5 Å². The smallest absolute Gasteiger partial charge is 0.256 e. The first-order valence-corrected chi connectivity index (χ1v) is 10.4. The molecule has 0 radical (unpaired) electrons. The Kier molecular flexibility index (Phi) is 6.10. The molecule has 6 nitrogen and oxygen atoms in total. The summed E-state index contributed by atoms with van der Waals surface area (Å²) in [5.41, 5.74) is 3.46. The molecule has 0 unspecified atom stereocenters. The average molecular weight is 431 g/mol. The molecule has 0 fully saturated rings. The molecule has 152 valence electrons. The Bertz CT molecular complexity index is 1090. The molecule has 29 heavy (non-hydrogen) atoms. The van der Waals surface area contributed by atoms with Crippen molar-refractivity contribution >= 4 is 46.1 Å². The number of nitrogens with one attached hydrogen (secondary N) is 2. The van der Waals surface area contributed by atoms with Crippen LogP contribution < -0.4 is 10.6 Å². The minimum atomic E-state index is -0.482. The molecule has 0 saturated heterocycles. The van der Waals surface area contributed by atoms with Gasteiger partial charge in [0.2, 0.25) is 5.91 Å². The van der Waals surface area contributed by atoms with Crippen molar-refractivity contribution in [2.24, 2.45) is 0 Å². The Morgan fingerprint density at radius 2 is 1.83 bits per heavy atom. The second-order valence-electron chi connectivity index (χ2n) is 7.01. The molecule has 0 aliphatic rings. The van der Waals surface area contributed by atoms with Crippen LogP contribution >= 0.6 is 22.9 Å². The molecule has 2 aromatic heterocycles. The van der Waals surface area contributed by atoms with Gasteiger partial charge in [-0.05, 0) is 65.0 Å². The maximum atomic E-state index is 12.6. The number of rotatable bonds is 5. The zero-order valence-corrected chi connectivity index (χ0v) is 18.5. The fraction of sp³-hybridized carbons (Fsp3) is 0.286. The van der Waals surface area contributed by atoms with Crippen molar-refractivity contribution in [3.05, 3.63) is 62.1 Å². The number of benzene rings is 1. The third kappa shape index (κ3) is 4.68. The Balaban J connectivity index is 1.70. The van der Waals surface area contributed by atoms with Crippen LogP contribution in [0.2, 0.25) is 5.02 Å². The molecule has 0 bridgehead atoms. The third-order valence-electron chi connectivity index (χ3n) is 4.56. The second-order valence-corrected chi connectivity index (χ2v) is 8.88. The number of nitrogens with zero attached hydrogens (tertiary/aromatic N) is 2. The lowest BCUT2D eigenvalue weighted by Crippen LogP contribution is -2.25. The molecule has 2 N–H and O–H groups in total. The van der Waals surface area contributed by atoms with Gasteiger partial charge in [-0.25, -0.2) is 0 Å². The summed E-state index contributed by atoms with van der Waals surface area (Å²) < 4.78 is 1.68. The molecule has 1 atom stereocenters. The highest BCUT2D eigenvalue weighted by molar-refractivity contribution is 7.12. The van der Waals surface area contributed by atoms with Crippen molar-refractivity contribution < 1.29 is 9.59 Å². The molecule has 0 aliphatic carbocycles. The predicted octanol–water partition coefficient (Wildman–Crippen LogP) is 5.28. The first-order valence-electron chi connectivity index (χ1n) is 9.17. The van der Waals surface area contributed by atoms with Crippen molar-refractivity contribution in [3.8, 4) is 0 Å². The number of hydrogen-bond acceptors (Lipinski definition) is 4. The van der Waals surface area contributed by atoms with Crippen LogP contribution in [-0.2, 0) is 4.79 Å². The number of halogens is 1. The van der Waals surface area contributed by atoms with E-state index in [2.05, 4.69) is 15.7 Å². The highest BCUT2D eigenvalue weighted by Gasteiger charge is 2.19. The largest absolute Gasteiger partial charge is 0.323 e. The maximum Gasteiger partial charge on any atom is 0.256 e. The standard InChI is InChI=1S/C21H23ClN4O2S/c1-11-8-12(2)26(25-11)14(4)20(27)24-19-7-6-16(10-18(19)22)23-21(28)17-9-13(3)29-15(17)5/h6-10,14H,1-5H3,(H,23,28)(H,24,27)/t14-/m1/s1. The van der Waals surface area contributed by atoms with E-state index in [1.807, 2.05) is 39.8 Å². The van der Waals surface area contributed by atoms with Gasteiger partial charge < -0.3 is 10.6 Å². The van der Waals surface area contributed by atoms with Crippen LogP contribution in [0.4, 0.5) is 11.4 Å². The Labute approximate surface area is 178 Å². The van der Waals surface area contributed by atoms with Crippen molar-refractivity contribution in [3.63, 3.8) is 0 Å². The summed E-state index contributed by atoms with van der Waals surface area (Å²) in [6, 6.07) is 8.32. The topological polar surface area (TPSA) is 76.0 Å². The van der Waals surface area contributed by atoms with Crippen molar-refractivity contribution in [1.29, 1.82) is 0 Å². The van der Waals surface area contributed by atoms with Gasteiger partial charge in [0.15, 0.2) is 0 Å². The molecule has 0 aliphatic heterocycles. The van der Waals surface area contributed by atoms with E-state index in [0.29, 0.717) is 22.0 Å². The fourth-order valence-electron chi connectivity index (χ4n) is 3.14. The highest BCUT2D eigenvalue weighted by Crippen LogP contribution is 2.28. The van der Waals surface area contributed by atoms with E-state index in [4.69, 9.17) is 11.6 Å². The van der Waals surface area contributed by atoms with E-state index in [1.54, 1.807) is 41.1 Å². The molecular formula is C21H23ClN4O2S. The first-order chi connectivity index (χ1) is 13.7. The quantitative estimate of drug-likeness (QED) is 0.577. The van der Waals surface area contributed by atoms with Gasteiger partial charge in [0, 0.05) is 21.1 Å². The second kappa shape index (κ2) is 8.39. The predicted molar refractivity (Wildman–Crippen MR) is 118 cm³/mol. The summed E-state index contributed by atoms with van der Waals surface area (Å²) >= 11 is 7.92. The molecule has 1 aromatic carbocycles. The van der Waals surface area contributed by atoms with E-state index >= 15 is 0 Å². The summed E-state index contributed by atoms with van der Waals surface area (Å²) in [6.07, 6.45) is 0. The van der Waals surface area contributed by atoms with Crippen molar-refractivity contribution in [1.82, 2.24) is 9.78 Å². The number of aromatic nitrogens is 2. The molecule has 2 amide bonds. The monoisotopic (exact) mass is 430 g/mol. The molecular weight excluding hydrogens is 408 g/mol. The van der Waals surface area contributed by atoms with Crippen LogP contribution in [0.3, 0.4) is 0 Å². The van der Waals surface area contributed by atoms with E-state index in [0.717, 1.165) is 21.1 Å². The SMILES string of the molecule is Cc1cc(C)n([C@H](C)C(=O)Nc2ccc(NC(=O)c3cc(C)sc3C)cc2Cl)n1. The van der Waals surface area contributed by atoms with Gasteiger partial charge >= 0.3 is 0 Å². The molecule has 8 heteroatoms. The minimum absolute atomic E-state index is 0.183. The summed E-state index contributed by atoms with van der Waals surface area (Å²) in [5.74, 6) is -0.405. The summed E-state index contributed by atoms with van der Waals surface area (Å²) in [5, 5.41) is 10.4. The van der Waals surface area contributed by atoms with Gasteiger partial charge in [-0.1, -0.05) is 11.6 Å². The normalized spacial score (nSPS) is 11.9. The van der Waals surface area contributed by atoms with Gasteiger partial charge in [-0.2, -0.15) is 5.10 Å². The molecule has 2 heterocycles. The highest BCUT2D eigenvalue weighted by atomic mass is 35.5. The van der Waals surface area contributed by atoms with Crippen LogP contribution in [-0.4, -0.2) is 21.6 Å². The molecule has 3 rings (SSSR count). The van der Waals surface area contributed by atoms with Crippen LogP contribution in [0.25, 0.3) is 0 Å². The zero-order chi connectivity index (χ0) is 21.3. The maximum absolute atomic E-state index is 12.6. The summed E-state index contributed by atoms with van der Waals surface area (Å²) in [7, 11) is 0. The van der Waals surface area contributed by atoms with E-state index in [1.165, 1.54) is 0 Å². The third-order valence-corrected chi connectivity index (χ3v) is 5.84. The number of carbonyl (C=O) groups excluding carboxylic acids is 2.